The van der Waals surface area contributed by atoms with Crippen LogP contribution in [0.2, 0.25) is 5.02 Å². The summed E-state index contributed by atoms with van der Waals surface area (Å²) in [5.41, 5.74) is 2.19. The topological polar surface area (TPSA) is 63.9 Å². The maximum absolute atomic E-state index is 13.4. The molecule has 0 N–H and O–H groups in total. The molecule has 0 atom stereocenters. The molecule has 2 aromatic carbocycles. The molecular formula is C27H20ClN3O3S2. The van der Waals surface area contributed by atoms with Crippen LogP contribution in [0.5, 0.6) is 11.6 Å². The molecule has 6 nitrogen and oxygen atoms in total. The van der Waals surface area contributed by atoms with Gasteiger partial charge in [0.05, 0.1) is 11.4 Å². The molecule has 0 spiro atoms. The maximum Gasteiger partial charge on any atom is 0.269 e. The van der Waals surface area contributed by atoms with Gasteiger partial charge in [-0.2, -0.15) is 4.98 Å². The van der Waals surface area contributed by atoms with E-state index in [4.69, 9.17) is 28.6 Å². The molecule has 1 fully saturated rings. The van der Waals surface area contributed by atoms with Gasteiger partial charge in [-0.05, 0) is 54.0 Å². The van der Waals surface area contributed by atoms with Crippen molar-refractivity contribution in [2.75, 3.05) is 0 Å². The van der Waals surface area contributed by atoms with E-state index in [9.17, 15) is 9.59 Å². The van der Waals surface area contributed by atoms with Gasteiger partial charge in [-0.1, -0.05) is 78.9 Å². The Morgan fingerprint density at radius 1 is 1.06 bits per heavy atom. The second-order valence-electron chi connectivity index (χ2n) is 8.02. The van der Waals surface area contributed by atoms with Crippen LogP contribution in [0.4, 0.5) is 0 Å². The number of hydrogen-bond donors (Lipinski definition) is 0. The first-order valence-corrected chi connectivity index (χ1v) is 12.8. The van der Waals surface area contributed by atoms with Crippen molar-refractivity contribution in [2.24, 2.45) is 0 Å². The predicted molar refractivity (Wildman–Crippen MR) is 148 cm³/mol. The fourth-order valence-corrected chi connectivity index (χ4v) is 5.19. The van der Waals surface area contributed by atoms with Crippen LogP contribution in [0.15, 0.2) is 82.6 Å². The Kier molecular flexibility index (Phi) is 6.91. The molecule has 1 aliphatic heterocycles. The van der Waals surface area contributed by atoms with Crippen molar-refractivity contribution >= 4 is 57.5 Å². The summed E-state index contributed by atoms with van der Waals surface area (Å²) in [7, 11) is 0. The largest absolute Gasteiger partial charge is 0.438 e. The van der Waals surface area contributed by atoms with Crippen molar-refractivity contribution in [1.82, 2.24) is 14.3 Å². The van der Waals surface area contributed by atoms with E-state index in [1.165, 1.54) is 15.4 Å². The van der Waals surface area contributed by atoms with Crippen molar-refractivity contribution in [3.63, 3.8) is 0 Å². The van der Waals surface area contributed by atoms with Crippen LogP contribution in [-0.4, -0.2) is 24.5 Å². The van der Waals surface area contributed by atoms with Crippen LogP contribution < -0.4 is 10.3 Å². The van der Waals surface area contributed by atoms with Gasteiger partial charge < -0.3 is 4.74 Å². The first kappa shape index (κ1) is 24.2. The number of aromatic nitrogens is 2. The number of halogens is 1. The van der Waals surface area contributed by atoms with E-state index in [2.05, 4.69) is 11.9 Å². The number of benzene rings is 2. The zero-order valence-corrected chi connectivity index (χ0v) is 21.6. The molecule has 180 valence electrons. The summed E-state index contributed by atoms with van der Waals surface area (Å²) < 4.78 is 7.86. The number of amides is 1. The Bertz CT molecular complexity index is 1580. The number of carbonyl (C=O) groups excluding carboxylic acids is 1. The van der Waals surface area contributed by atoms with Crippen molar-refractivity contribution in [3.05, 3.63) is 110 Å². The average Bonchev–Trinajstić information content (AvgIpc) is 3.15. The normalized spacial score (nSPS) is 14.7. The van der Waals surface area contributed by atoms with Crippen LogP contribution in [-0.2, 0) is 17.8 Å². The van der Waals surface area contributed by atoms with Crippen LogP contribution in [0.3, 0.4) is 0 Å². The lowest BCUT2D eigenvalue weighted by Gasteiger charge is -2.15. The van der Waals surface area contributed by atoms with Gasteiger partial charge in [-0.15, -0.1) is 0 Å². The number of ether oxygens (including phenoxy) is 1. The Morgan fingerprint density at radius 2 is 1.81 bits per heavy atom. The Morgan fingerprint density at radius 3 is 2.56 bits per heavy atom. The molecular weight excluding hydrogens is 514 g/mol. The highest BCUT2D eigenvalue weighted by Gasteiger charge is 2.33. The Hall–Kier alpha value is -3.46. The number of rotatable bonds is 6. The van der Waals surface area contributed by atoms with Crippen LogP contribution in [0.1, 0.15) is 23.6 Å². The van der Waals surface area contributed by atoms with Gasteiger partial charge in [0.25, 0.3) is 11.5 Å². The van der Waals surface area contributed by atoms with E-state index < -0.39 is 0 Å². The molecule has 9 heteroatoms. The summed E-state index contributed by atoms with van der Waals surface area (Å²) in [6, 6.07) is 20.1. The standard InChI is InChI=1S/C27H20ClN3O3S2/c1-2-17-10-12-19(13-11-17)34-24-20(25(32)30-14-6-5-9-23(30)29-24)15-22-26(33)31(27(35)36-22)16-18-7-3-4-8-21(18)28/h3-15H,2,16H2,1H3/b22-15+. The Labute approximate surface area is 222 Å². The maximum atomic E-state index is 13.4. The molecule has 4 aromatic rings. The number of nitrogens with zero attached hydrogens (tertiary/aromatic N) is 3. The third-order valence-corrected chi connectivity index (χ3v) is 7.46. The van der Waals surface area contributed by atoms with E-state index in [1.54, 1.807) is 30.5 Å². The van der Waals surface area contributed by atoms with Gasteiger partial charge in [0.1, 0.15) is 21.3 Å². The highest BCUT2D eigenvalue weighted by Crippen LogP contribution is 2.35. The third kappa shape index (κ3) is 4.80. The minimum absolute atomic E-state index is 0.117. The number of aryl methyl sites for hydroxylation is 1. The highest BCUT2D eigenvalue weighted by atomic mass is 35.5. The summed E-state index contributed by atoms with van der Waals surface area (Å²) >= 11 is 12.9. The van der Waals surface area contributed by atoms with Gasteiger partial charge in [0, 0.05) is 11.2 Å². The number of thioether (sulfide) groups is 1. The van der Waals surface area contributed by atoms with Gasteiger partial charge in [-0.3, -0.25) is 18.9 Å². The fraction of sp³-hybridized carbons (Fsp3) is 0.111. The summed E-state index contributed by atoms with van der Waals surface area (Å²) in [5.74, 6) is 0.354. The van der Waals surface area contributed by atoms with Gasteiger partial charge in [0.2, 0.25) is 5.88 Å². The molecule has 1 aliphatic rings. The minimum atomic E-state index is -0.350. The van der Waals surface area contributed by atoms with Gasteiger partial charge in [0.15, 0.2) is 0 Å². The molecule has 1 amide bonds. The molecule has 0 bridgehead atoms. The second kappa shape index (κ2) is 10.3. The Balaban J connectivity index is 1.55. The van der Waals surface area contributed by atoms with Gasteiger partial charge >= 0.3 is 0 Å². The number of pyridine rings is 1. The summed E-state index contributed by atoms with van der Waals surface area (Å²) in [6.45, 7) is 2.31. The summed E-state index contributed by atoms with van der Waals surface area (Å²) in [6.07, 6.45) is 4.04. The average molecular weight is 534 g/mol. The van der Waals surface area contributed by atoms with Crippen molar-refractivity contribution < 1.29 is 9.53 Å². The monoisotopic (exact) mass is 533 g/mol. The molecule has 2 aromatic heterocycles. The first-order chi connectivity index (χ1) is 17.4. The molecule has 36 heavy (non-hydrogen) atoms. The summed E-state index contributed by atoms with van der Waals surface area (Å²) in [4.78, 5) is 33.1. The van der Waals surface area contributed by atoms with E-state index in [1.807, 2.05) is 42.5 Å². The van der Waals surface area contributed by atoms with Crippen LogP contribution in [0, 0.1) is 0 Å². The SMILES string of the molecule is CCc1ccc(Oc2nc3ccccn3c(=O)c2/C=C2/SC(=S)N(Cc3ccccc3Cl)C2=O)cc1. The quantitative estimate of drug-likeness (QED) is 0.220. The van der Waals surface area contributed by atoms with E-state index in [0.29, 0.717) is 25.6 Å². The molecule has 0 radical (unpaired) electrons. The smallest absolute Gasteiger partial charge is 0.269 e. The van der Waals surface area contributed by atoms with Crippen molar-refractivity contribution in [2.45, 2.75) is 19.9 Å². The highest BCUT2D eigenvalue weighted by molar-refractivity contribution is 8.26. The number of fused-ring (bicyclic) bond motifs is 1. The zero-order valence-electron chi connectivity index (χ0n) is 19.2. The van der Waals surface area contributed by atoms with E-state index in [0.717, 1.165) is 29.3 Å². The number of thiocarbonyl (C=S) groups is 1. The van der Waals surface area contributed by atoms with E-state index >= 15 is 0 Å². The second-order valence-corrected chi connectivity index (χ2v) is 10.1. The number of carbonyl (C=O) groups is 1. The molecule has 0 unspecified atom stereocenters. The minimum Gasteiger partial charge on any atom is -0.438 e. The molecule has 1 saturated heterocycles. The van der Waals surface area contributed by atoms with Crippen LogP contribution >= 0.6 is 35.6 Å². The van der Waals surface area contributed by atoms with Gasteiger partial charge in [-0.25, -0.2) is 0 Å². The lowest BCUT2D eigenvalue weighted by Crippen LogP contribution is -2.27. The van der Waals surface area contributed by atoms with Crippen LogP contribution in [0.25, 0.3) is 11.7 Å². The lowest BCUT2D eigenvalue weighted by atomic mass is 10.2. The van der Waals surface area contributed by atoms with Crippen molar-refractivity contribution in [3.8, 4) is 11.6 Å². The summed E-state index contributed by atoms with van der Waals surface area (Å²) in [5, 5.41) is 0.553. The number of hydrogen-bond acceptors (Lipinski definition) is 6. The third-order valence-electron chi connectivity index (χ3n) is 5.72. The molecule has 0 aliphatic carbocycles. The fourth-order valence-electron chi connectivity index (χ4n) is 3.75. The van der Waals surface area contributed by atoms with E-state index in [-0.39, 0.29) is 29.5 Å². The van der Waals surface area contributed by atoms with Crippen molar-refractivity contribution in [1.29, 1.82) is 0 Å². The molecule has 0 saturated carbocycles. The molecule has 5 rings (SSSR count). The predicted octanol–water partition coefficient (Wildman–Crippen LogP) is 6.10. The molecule has 3 heterocycles. The first-order valence-electron chi connectivity index (χ1n) is 11.2. The lowest BCUT2D eigenvalue weighted by molar-refractivity contribution is -0.122. The zero-order chi connectivity index (χ0) is 25.2.